The second kappa shape index (κ2) is 8.15. The van der Waals surface area contributed by atoms with Crippen LogP contribution in [0.1, 0.15) is 11.1 Å². The maximum Gasteiger partial charge on any atom is 0.263 e. The molecule has 3 rings (SSSR count). The first-order valence-corrected chi connectivity index (χ1v) is 8.29. The minimum Gasteiger partial charge on any atom is -0.495 e. The van der Waals surface area contributed by atoms with Gasteiger partial charge in [-0.1, -0.05) is 12.1 Å². The van der Waals surface area contributed by atoms with E-state index in [0.717, 1.165) is 11.1 Å². The van der Waals surface area contributed by atoms with Crippen molar-refractivity contribution in [2.24, 2.45) is 0 Å². The first-order chi connectivity index (χ1) is 13.1. The highest BCUT2D eigenvalue weighted by molar-refractivity contribution is 5.97. The van der Waals surface area contributed by atoms with Crippen molar-refractivity contribution in [3.05, 3.63) is 59.3 Å². The highest BCUT2D eigenvalue weighted by Crippen LogP contribution is 2.32. The van der Waals surface area contributed by atoms with Gasteiger partial charge in [-0.15, -0.1) is 0 Å². The lowest BCUT2D eigenvalue weighted by atomic mass is 10.2. The average molecular weight is 365 g/mol. The van der Waals surface area contributed by atoms with E-state index < -0.39 is 5.91 Å². The van der Waals surface area contributed by atoms with E-state index in [-0.39, 0.29) is 18.9 Å². The van der Waals surface area contributed by atoms with Crippen LogP contribution in [0, 0.1) is 18.3 Å². The van der Waals surface area contributed by atoms with E-state index in [9.17, 15) is 10.1 Å². The molecule has 0 radical (unpaired) electrons. The molecule has 7 heteroatoms. The molecule has 1 aliphatic heterocycles. The number of nitrogens with one attached hydrogen (secondary N) is 2. The molecule has 0 fully saturated rings. The molecule has 1 aliphatic rings. The van der Waals surface area contributed by atoms with Crippen molar-refractivity contribution in [1.29, 1.82) is 5.26 Å². The van der Waals surface area contributed by atoms with E-state index in [1.165, 1.54) is 6.20 Å². The number of amides is 1. The number of fused-ring (bicyclic) bond motifs is 1. The molecule has 0 aliphatic carbocycles. The van der Waals surface area contributed by atoms with Crippen molar-refractivity contribution in [3.63, 3.8) is 0 Å². The van der Waals surface area contributed by atoms with Gasteiger partial charge in [-0.25, -0.2) is 0 Å². The zero-order valence-corrected chi connectivity index (χ0v) is 15.0. The largest absolute Gasteiger partial charge is 0.495 e. The third-order valence-corrected chi connectivity index (χ3v) is 3.98. The average Bonchev–Trinajstić information content (AvgIpc) is 3.14. The molecule has 1 amide bonds. The molecule has 0 aromatic heterocycles. The van der Waals surface area contributed by atoms with Gasteiger partial charge in [-0.05, 0) is 42.3 Å². The van der Waals surface area contributed by atoms with Gasteiger partial charge in [0.2, 0.25) is 6.79 Å². The van der Waals surface area contributed by atoms with Crippen molar-refractivity contribution in [1.82, 2.24) is 5.32 Å². The van der Waals surface area contributed by atoms with Crippen LogP contribution in [-0.4, -0.2) is 19.8 Å². The summed E-state index contributed by atoms with van der Waals surface area (Å²) >= 11 is 0. The monoisotopic (exact) mass is 365 g/mol. The summed E-state index contributed by atoms with van der Waals surface area (Å²) in [5.74, 6) is 1.47. The quantitative estimate of drug-likeness (QED) is 0.604. The van der Waals surface area contributed by atoms with Gasteiger partial charge in [0, 0.05) is 12.7 Å². The van der Waals surface area contributed by atoms with E-state index in [4.69, 9.17) is 14.2 Å². The number of ether oxygens (including phenoxy) is 3. The fourth-order valence-electron chi connectivity index (χ4n) is 2.56. The van der Waals surface area contributed by atoms with E-state index in [2.05, 4.69) is 10.6 Å². The van der Waals surface area contributed by atoms with Gasteiger partial charge in [-0.2, -0.15) is 5.26 Å². The number of rotatable bonds is 6. The molecule has 138 valence electrons. The Hall–Kier alpha value is -3.66. The van der Waals surface area contributed by atoms with Gasteiger partial charge >= 0.3 is 0 Å². The molecule has 0 spiro atoms. The van der Waals surface area contributed by atoms with Crippen molar-refractivity contribution >= 4 is 11.6 Å². The molecule has 1 heterocycles. The van der Waals surface area contributed by atoms with Crippen LogP contribution in [-0.2, 0) is 11.3 Å². The smallest absolute Gasteiger partial charge is 0.263 e. The van der Waals surface area contributed by atoms with E-state index in [1.54, 1.807) is 19.2 Å². The van der Waals surface area contributed by atoms with Crippen LogP contribution in [0.25, 0.3) is 0 Å². The van der Waals surface area contributed by atoms with Crippen molar-refractivity contribution < 1.29 is 19.0 Å². The fraction of sp³-hybridized carbons (Fsp3) is 0.200. The Morgan fingerprint density at radius 1 is 1.26 bits per heavy atom. The zero-order valence-electron chi connectivity index (χ0n) is 15.0. The van der Waals surface area contributed by atoms with Crippen molar-refractivity contribution in [2.45, 2.75) is 13.5 Å². The molecule has 27 heavy (non-hydrogen) atoms. The fourth-order valence-corrected chi connectivity index (χ4v) is 2.56. The number of carbonyl (C=O) groups excluding carboxylic acids is 1. The Bertz CT molecular complexity index is 931. The van der Waals surface area contributed by atoms with Gasteiger partial charge in [0.25, 0.3) is 5.91 Å². The Kier molecular flexibility index (Phi) is 5.47. The lowest BCUT2D eigenvalue weighted by Gasteiger charge is -2.10. The van der Waals surface area contributed by atoms with Gasteiger partial charge in [0.15, 0.2) is 11.5 Å². The summed E-state index contributed by atoms with van der Waals surface area (Å²) in [6.07, 6.45) is 1.37. The van der Waals surface area contributed by atoms with Crippen LogP contribution >= 0.6 is 0 Å². The van der Waals surface area contributed by atoms with Crippen LogP contribution in [0.5, 0.6) is 17.2 Å². The molecule has 0 unspecified atom stereocenters. The number of anilines is 1. The number of hydrogen-bond acceptors (Lipinski definition) is 6. The molecule has 2 aromatic rings. The number of carbonyl (C=O) groups is 1. The lowest BCUT2D eigenvalue weighted by molar-refractivity contribution is -0.117. The predicted molar refractivity (Wildman–Crippen MR) is 99.5 cm³/mol. The van der Waals surface area contributed by atoms with Gasteiger partial charge in [0.05, 0.1) is 12.8 Å². The van der Waals surface area contributed by atoms with E-state index >= 15 is 0 Å². The molecule has 2 N–H and O–H groups in total. The van der Waals surface area contributed by atoms with Gasteiger partial charge in [-0.3, -0.25) is 4.79 Å². The minimum atomic E-state index is -0.478. The zero-order chi connectivity index (χ0) is 19.2. The van der Waals surface area contributed by atoms with Crippen LogP contribution in [0.3, 0.4) is 0 Å². The van der Waals surface area contributed by atoms with Crippen LogP contribution in [0.4, 0.5) is 5.69 Å². The summed E-state index contributed by atoms with van der Waals surface area (Å²) < 4.78 is 15.8. The Labute approximate surface area is 157 Å². The highest BCUT2D eigenvalue weighted by atomic mass is 16.7. The molecular weight excluding hydrogens is 346 g/mol. The second-order valence-corrected chi connectivity index (χ2v) is 5.89. The Balaban J connectivity index is 1.65. The number of methoxy groups -OCH3 is 1. The first-order valence-electron chi connectivity index (χ1n) is 8.29. The van der Waals surface area contributed by atoms with E-state index in [0.29, 0.717) is 22.9 Å². The molecular formula is C20H19N3O4. The number of nitrogens with zero attached hydrogens (tertiary/aromatic N) is 1. The Morgan fingerprint density at radius 2 is 2.07 bits per heavy atom. The Morgan fingerprint density at radius 3 is 2.85 bits per heavy atom. The SMILES string of the molecule is COc1ccc(C)cc1N/C=C(/C#N)C(=O)NCc1ccc2c(c1)OCO2. The number of hydrogen-bond donors (Lipinski definition) is 2. The summed E-state index contributed by atoms with van der Waals surface area (Å²) in [6, 6.07) is 12.9. The lowest BCUT2D eigenvalue weighted by Crippen LogP contribution is -2.24. The summed E-state index contributed by atoms with van der Waals surface area (Å²) in [4.78, 5) is 12.3. The van der Waals surface area contributed by atoms with Crippen LogP contribution in [0.15, 0.2) is 48.2 Å². The van der Waals surface area contributed by atoms with E-state index in [1.807, 2.05) is 37.3 Å². The topological polar surface area (TPSA) is 92.6 Å². The van der Waals surface area contributed by atoms with Gasteiger partial charge in [0.1, 0.15) is 17.4 Å². The molecule has 0 saturated carbocycles. The molecule has 7 nitrogen and oxygen atoms in total. The molecule has 0 atom stereocenters. The minimum absolute atomic E-state index is 0.0423. The molecule has 0 bridgehead atoms. The third-order valence-electron chi connectivity index (χ3n) is 3.98. The summed E-state index contributed by atoms with van der Waals surface area (Å²) in [6.45, 7) is 2.40. The summed E-state index contributed by atoms with van der Waals surface area (Å²) in [5, 5.41) is 15.0. The van der Waals surface area contributed by atoms with Gasteiger partial charge < -0.3 is 24.8 Å². The summed E-state index contributed by atoms with van der Waals surface area (Å²) in [7, 11) is 1.56. The highest BCUT2D eigenvalue weighted by Gasteiger charge is 2.14. The maximum absolute atomic E-state index is 12.3. The first kappa shape index (κ1) is 18.1. The van der Waals surface area contributed by atoms with Crippen molar-refractivity contribution in [2.75, 3.05) is 19.2 Å². The maximum atomic E-state index is 12.3. The third kappa shape index (κ3) is 4.30. The second-order valence-electron chi connectivity index (χ2n) is 5.89. The summed E-state index contributed by atoms with van der Waals surface area (Å²) in [5.41, 5.74) is 2.50. The van der Waals surface area contributed by atoms with Crippen molar-refractivity contribution in [3.8, 4) is 23.3 Å². The number of nitriles is 1. The predicted octanol–water partition coefficient (Wildman–Crippen LogP) is 2.87. The standard InChI is InChI=1S/C20H19N3O4/c1-13-3-5-17(25-2)16(7-13)22-11-15(9-21)20(24)23-10-14-4-6-18-19(8-14)27-12-26-18/h3-8,11,22H,10,12H2,1-2H3,(H,23,24)/b15-11-. The molecule has 2 aromatic carbocycles. The molecule has 0 saturated heterocycles. The normalized spacial score (nSPS) is 12.3. The number of aryl methyl sites for hydroxylation is 1. The van der Waals surface area contributed by atoms with Crippen LogP contribution in [0.2, 0.25) is 0 Å². The number of benzene rings is 2. The van der Waals surface area contributed by atoms with Crippen LogP contribution < -0.4 is 24.8 Å².